The molecule has 60 valence electrons. The Morgan fingerprint density at radius 1 is 1.70 bits per heavy atom. The molecule has 0 bridgehead atoms. The van der Waals surface area contributed by atoms with E-state index in [9.17, 15) is 0 Å². The third kappa shape index (κ3) is 1.46. The molecule has 0 aliphatic carbocycles. The van der Waals surface area contributed by atoms with E-state index >= 15 is 0 Å². The summed E-state index contributed by atoms with van der Waals surface area (Å²) in [6.07, 6.45) is -1.09. The zero-order chi connectivity index (χ0) is 7.56. The van der Waals surface area contributed by atoms with Crippen molar-refractivity contribution in [3.63, 3.8) is 0 Å². The van der Waals surface area contributed by atoms with Crippen LogP contribution in [0.15, 0.2) is 0 Å². The molecule has 3 unspecified atom stereocenters. The van der Waals surface area contributed by atoms with Gasteiger partial charge in [-0.1, -0.05) is 0 Å². The van der Waals surface area contributed by atoms with Gasteiger partial charge in [-0.25, -0.2) is 0 Å². The van der Waals surface area contributed by atoms with Gasteiger partial charge in [-0.3, -0.25) is 0 Å². The first kappa shape index (κ1) is 7.94. The van der Waals surface area contributed by atoms with Gasteiger partial charge in [0.25, 0.3) is 0 Å². The summed E-state index contributed by atoms with van der Waals surface area (Å²) in [4.78, 5) is 0. The summed E-state index contributed by atoms with van der Waals surface area (Å²) in [5, 5.41) is 17.5. The van der Waals surface area contributed by atoms with E-state index in [1.54, 1.807) is 6.92 Å². The van der Waals surface area contributed by atoms with Crippen molar-refractivity contribution in [1.29, 1.82) is 0 Å². The Labute approximate surface area is 59.4 Å². The van der Waals surface area contributed by atoms with Crippen LogP contribution in [-0.4, -0.2) is 41.9 Å². The fourth-order valence-electron chi connectivity index (χ4n) is 1.09. The van der Waals surface area contributed by atoms with E-state index in [1.807, 2.05) is 0 Å². The highest BCUT2D eigenvalue weighted by atomic mass is 16.6. The van der Waals surface area contributed by atoms with Gasteiger partial charge in [-0.05, 0) is 6.92 Å². The standard InChI is InChI=1S/C6H12O4/c1-4-6(10-3-7)5(8)2-9-4/h4-8H,2-3H2,1H3. The summed E-state index contributed by atoms with van der Waals surface area (Å²) in [7, 11) is 0. The average Bonchev–Trinajstić information content (AvgIpc) is 2.20. The summed E-state index contributed by atoms with van der Waals surface area (Å²) >= 11 is 0. The molecule has 0 spiro atoms. The van der Waals surface area contributed by atoms with Crippen molar-refractivity contribution in [3.05, 3.63) is 0 Å². The molecule has 0 saturated carbocycles. The normalized spacial score (nSPS) is 40.5. The average molecular weight is 148 g/mol. The highest BCUT2D eigenvalue weighted by molar-refractivity contribution is 4.81. The second-order valence-corrected chi connectivity index (χ2v) is 2.37. The second kappa shape index (κ2) is 3.30. The number of ether oxygens (including phenoxy) is 2. The Bertz CT molecular complexity index is 95.9. The van der Waals surface area contributed by atoms with E-state index in [0.29, 0.717) is 6.61 Å². The van der Waals surface area contributed by atoms with Gasteiger partial charge in [0.2, 0.25) is 0 Å². The molecule has 1 fully saturated rings. The SMILES string of the molecule is CC1OCC(O)C1OCO. The molecule has 0 aromatic rings. The molecule has 10 heavy (non-hydrogen) atoms. The molecule has 4 nitrogen and oxygen atoms in total. The Morgan fingerprint density at radius 2 is 2.40 bits per heavy atom. The van der Waals surface area contributed by atoms with Crippen molar-refractivity contribution < 1.29 is 19.7 Å². The van der Waals surface area contributed by atoms with Crippen LogP contribution in [0.3, 0.4) is 0 Å². The predicted molar refractivity (Wildman–Crippen MR) is 33.4 cm³/mol. The van der Waals surface area contributed by atoms with E-state index in [1.165, 1.54) is 0 Å². The lowest BCUT2D eigenvalue weighted by Crippen LogP contribution is -2.31. The monoisotopic (exact) mass is 148 g/mol. The van der Waals surface area contributed by atoms with Gasteiger partial charge in [0, 0.05) is 0 Å². The van der Waals surface area contributed by atoms with Crippen LogP contribution in [0.5, 0.6) is 0 Å². The third-order valence-electron chi connectivity index (χ3n) is 1.64. The third-order valence-corrected chi connectivity index (χ3v) is 1.64. The van der Waals surface area contributed by atoms with E-state index < -0.39 is 6.10 Å². The van der Waals surface area contributed by atoms with E-state index in [-0.39, 0.29) is 19.0 Å². The molecule has 1 heterocycles. The van der Waals surface area contributed by atoms with Crippen LogP contribution in [0, 0.1) is 0 Å². The maximum Gasteiger partial charge on any atom is 0.144 e. The van der Waals surface area contributed by atoms with E-state index in [0.717, 1.165) is 0 Å². The summed E-state index contributed by atoms with van der Waals surface area (Å²) in [6, 6.07) is 0. The van der Waals surface area contributed by atoms with Crippen molar-refractivity contribution in [2.75, 3.05) is 13.4 Å². The van der Waals surface area contributed by atoms with Crippen molar-refractivity contribution >= 4 is 0 Å². The summed E-state index contributed by atoms with van der Waals surface area (Å²) < 4.78 is 9.85. The van der Waals surface area contributed by atoms with Crippen LogP contribution in [0.25, 0.3) is 0 Å². The minimum absolute atomic E-state index is 0.123. The number of hydrogen-bond donors (Lipinski definition) is 2. The highest BCUT2D eigenvalue weighted by Gasteiger charge is 2.33. The molecule has 0 aromatic carbocycles. The smallest absolute Gasteiger partial charge is 0.144 e. The molecule has 1 rings (SSSR count). The van der Waals surface area contributed by atoms with Gasteiger partial charge < -0.3 is 19.7 Å². The van der Waals surface area contributed by atoms with Crippen LogP contribution in [0.2, 0.25) is 0 Å². The fraction of sp³-hybridized carbons (Fsp3) is 1.00. The molecule has 1 aliphatic rings. The highest BCUT2D eigenvalue weighted by Crippen LogP contribution is 2.16. The molecule has 0 radical (unpaired) electrons. The molecular weight excluding hydrogens is 136 g/mol. The predicted octanol–water partition coefficient (Wildman–Crippen LogP) is -0.899. The molecule has 1 aliphatic heterocycles. The van der Waals surface area contributed by atoms with Crippen molar-refractivity contribution in [2.45, 2.75) is 25.2 Å². The van der Waals surface area contributed by atoms with Crippen molar-refractivity contribution in [3.8, 4) is 0 Å². The summed E-state index contributed by atoms with van der Waals surface area (Å²) in [5.41, 5.74) is 0. The zero-order valence-corrected chi connectivity index (χ0v) is 5.86. The van der Waals surface area contributed by atoms with Crippen LogP contribution < -0.4 is 0 Å². The topological polar surface area (TPSA) is 58.9 Å². The molecule has 3 atom stereocenters. The lowest BCUT2D eigenvalue weighted by atomic mass is 10.2. The van der Waals surface area contributed by atoms with Crippen molar-refractivity contribution in [1.82, 2.24) is 0 Å². The number of hydrogen-bond acceptors (Lipinski definition) is 4. The number of rotatable bonds is 2. The molecule has 1 saturated heterocycles. The Hall–Kier alpha value is -0.160. The maximum absolute atomic E-state index is 9.13. The second-order valence-electron chi connectivity index (χ2n) is 2.37. The quantitative estimate of drug-likeness (QED) is 0.498. The maximum atomic E-state index is 9.13. The van der Waals surface area contributed by atoms with Gasteiger partial charge in [0.1, 0.15) is 19.0 Å². The van der Waals surface area contributed by atoms with E-state index in [4.69, 9.17) is 19.7 Å². The number of aliphatic hydroxyl groups is 2. The Kier molecular flexibility index (Phi) is 2.62. The first-order chi connectivity index (χ1) is 4.75. The fourth-order valence-corrected chi connectivity index (χ4v) is 1.09. The first-order valence-corrected chi connectivity index (χ1v) is 3.28. The van der Waals surface area contributed by atoms with Crippen LogP contribution >= 0.6 is 0 Å². The van der Waals surface area contributed by atoms with Gasteiger partial charge in [-0.2, -0.15) is 0 Å². The van der Waals surface area contributed by atoms with Gasteiger partial charge >= 0.3 is 0 Å². The van der Waals surface area contributed by atoms with Crippen LogP contribution in [0.1, 0.15) is 6.92 Å². The summed E-state index contributed by atoms with van der Waals surface area (Å²) in [6.45, 7) is 1.73. The first-order valence-electron chi connectivity index (χ1n) is 3.28. The van der Waals surface area contributed by atoms with Gasteiger partial charge in [-0.15, -0.1) is 0 Å². The van der Waals surface area contributed by atoms with Gasteiger partial charge in [0.05, 0.1) is 12.7 Å². The van der Waals surface area contributed by atoms with Crippen LogP contribution in [0.4, 0.5) is 0 Å². The number of aliphatic hydroxyl groups excluding tert-OH is 2. The zero-order valence-electron chi connectivity index (χ0n) is 5.86. The molecule has 4 heteroatoms. The summed E-state index contributed by atoms with van der Waals surface area (Å²) in [5.74, 6) is 0. The Morgan fingerprint density at radius 3 is 2.80 bits per heavy atom. The molecular formula is C6H12O4. The largest absolute Gasteiger partial charge is 0.388 e. The minimum Gasteiger partial charge on any atom is -0.388 e. The lowest BCUT2D eigenvalue weighted by molar-refractivity contribution is -0.0962. The lowest BCUT2D eigenvalue weighted by Gasteiger charge is -2.15. The Balaban J connectivity index is 2.38. The van der Waals surface area contributed by atoms with Crippen LogP contribution in [-0.2, 0) is 9.47 Å². The molecule has 0 amide bonds. The van der Waals surface area contributed by atoms with Crippen molar-refractivity contribution in [2.24, 2.45) is 0 Å². The molecule has 0 aromatic heterocycles. The minimum atomic E-state index is -0.595. The molecule has 2 N–H and O–H groups in total. The van der Waals surface area contributed by atoms with E-state index in [2.05, 4.69) is 0 Å². The van der Waals surface area contributed by atoms with Gasteiger partial charge in [0.15, 0.2) is 0 Å².